The predicted octanol–water partition coefficient (Wildman–Crippen LogP) is 1.14. The SMILES string of the molecule is CO[NH2+]c1ccc2ncn(CC3(O)CCN(C(=O)CCc4ccccc4)CC3)c(=O)c2c1. The van der Waals surface area contributed by atoms with Crippen LogP contribution in [-0.2, 0) is 22.6 Å². The molecule has 0 aliphatic carbocycles. The molecule has 32 heavy (non-hydrogen) atoms. The zero-order valence-corrected chi connectivity index (χ0v) is 18.2. The van der Waals surface area contributed by atoms with Crippen molar-refractivity contribution < 1.29 is 20.2 Å². The van der Waals surface area contributed by atoms with Crippen molar-refractivity contribution in [2.75, 3.05) is 20.2 Å². The maximum atomic E-state index is 13.0. The van der Waals surface area contributed by atoms with E-state index in [1.54, 1.807) is 24.7 Å². The number of aliphatic hydroxyl groups is 1. The normalized spacial score (nSPS) is 15.8. The first kappa shape index (κ1) is 22.1. The van der Waals surface area contributed by atoms with Gasteiger partial charge in [-0.1, -0.05) is 30.3 Å². The molecule has 1 aromatic heterocycles. The third-order valence-corrected chi connectivity index (χ3v) is 6.08. The number of piperidine rings is 1. The second kappa shape index (κ2) is 9.60. The van der Waals surface area contributed by atoms with Crippen molar-refractivity contribution in [2.45, 2.75) is 37.8 Å². The lowest BCUT2D eigenvalue weighted by molar-refractivity contribution is -0.830. The highest BCUT2D eigenvalue weighted by Gasteiger charge is 2.34. The molecule has 0 saturated carbocycles. The Balaban J connectivity index is 1.39. The fourth-order valence-electron chi connectivity index (χ4n) is 4.20. The highest BCUT2D eigenvalue weighted by molar-refractivity contribution is 5.79. The Morgan fingerprint density at radius 3 is 2.66 bits per heavy atom. The van der Waals surface area contributed by atoms with Crippen LogP contribution >= 0.6 is 0 Å². The van der Waals surface area contributed by atoms with Crippen LogP contribution in [0.3, 0.4) is 0 Å². The van der Waals surface area contributed by atoms with Gasteiger partial charge in [-0.05, 0) is 30.9 Å². The van der Waals surface area contributed by atoms with E-state index in [1.807, 2.05) is 41.3 Å². The molecule has 1 saturated heterocycles. The van der Waals surface area contributed by atoms with Gasteiger partial charge in [-0.3, -0.25) is 14.2 Å². The number of fused-ring (bicyclic) bond motifs is 1. The van der Waals surface area contributed by atoms with Gasteiger partial charge < -0.3 is 10.0 Å². The van der Waals surface area contributed by atoms with Gasteiger partial charge >= 0.3 is 0 Å². The zero-order chi connectivity index (χ0) is 22.6. The van der Waals surface area contributed by atoms with E-state index in [0.29, 0.717) is 49.7 Å². The number of carbonyl (C=O) groups excluding carboxylic acids is 1. The molecule has 3 aromatic rings. The van der Waals surface area contributed by atoms with Crippen molar-refractivity contribution in [3.8, 4) is 0 Å². The van der Waals surface area contributed by atoms with Gasteiger partial charge in [0, 0.05) is 31.6 Å². The number of amides is 1. The van der Waals surface area contributed by atoms with Crippen molar-refractivity contribution in [3.63, 3.8) is 0 Å². The summed E-state index contributed by atoms with van der Waals surface area (Å²) in [6, 6.07) is 15.3. The third kappa shape index (κ3) is 5.04. The lowest BCUT2D eigenvalue weighted by atomic mass is 9.91. The molecule has 8 nitrogen and oxygen atoms in total. The molecule has 0 unspecified atom stereocenters. The number of hydrogen-bond acceptors (Lipinski definition) is 5. The smallest absolute Gasteiger partial charge is 0.261 e. The van der Waals surface area contributed by atoms with Crippen LogP contribution in [0.4, 0.5) is 5.69 Å². The molecule has 0 atom stereocenters. The lowest BCUT2D eigenvalue weighted by Gasteiger charge is -2.38. The van der Waals surface area contributed by atoms with Crippen molar-refractivity contribution >= 4 is 22.5 Å². The molecule has 1 aliphatic heterocycles. The van der Waals surface area contributed by atoms with Gasteiger partial charge in [0.2, 0.25) is 5.91 Å². The first-order chi connectivity index (χ1) is 15.5. The molecule has 1 fully saturated rings. The number of carbonyl (C=O) groups is 1. The van der Waals surface area contributed by atoms with E-state index in [4.69, 9.17) is 4.84 Å². The largest absolute Gasteiger partial charge is 0.388 e. The van der Waals surface area contributed by atoms with Crippen molar-refractivity contribution in [1.82, 2.24) is 14.5 Å². The number of aromatic nitrogens is 2. The summed E-state index contributed by atoms with van der Waals surface area (Å²) in [4.78, 5) is 36.8. The fraction of sp³-hybridized carbons (Fsp3) is 0.375. The van der Waals surface area contributed by atoms with Crippen LogP contribution in [0.2, 0.25) is 0 Å². The number of rotatable bonds is 7. The van der Waals surface area contributed by atoms with E-state index < -0.39 is 5.60 Å². The Bertz CT molecular complexity index is 1140. The topological polar surface area (TPSA) is 101 Å². The maximum absolute atomic E-state index is 13.0. The maximum Gasteiger partial charge on any atom is 0.261 e. The Hall–Kier alpha value is -3.07. The summed E-state index contributed by atoms with van der Waals surface area (Å²) in [7, 11) is 1.56. The first-order valence-electron chi connectivity index (χ1n) is 10.9. The van der Waals surface area contributed by atoms with Crippen LogP contribution in [0.25, 0.3) is 10.9 Å². The zero-order valence-electron chi connectivity index (χ0n) is 18.2. The van der Waals surface area contributed by atoms with Gasteiger partial charge in [-0.2, -0.15) is 5.48 Å². The Morgan fingerprint density at radius 1 is 1.19 bits per heavy atom. The molecule has 2 heterocycles. The number of aryl methyl sites for hydroxylation is 1. The van der Waals surface area contributed by atoms with Crippen LogP contribution in [0.5, 0.6) is 0 Å². The fourth-order valence-corrected chi connectivity index (χ4v) is 4.20. The summed E-state index contributed by atoms with van der Waals surface area (Å²) in [5.74, 6) is 0.0994. The van der Waals surface area contributed by atoms with E-state index in [-0.39, 0.29) is 18.0 Å². The quantitative estimate of drug-likeness (QED) is 0.426. The van der Waals surface area contributed by atoms with E-state index in [0.717, 1.165) is 11.3 Å². The van der Waals surface area contributed by atoms with Crippen molar-refractivity contribution in [2.24, 2.45) is 0 Å². The van der Waals surface area contributed by atoms with Crippen LogP contribution in [0.1, 0.15) is 24.8 Å². The predicted molar refractivity (Wildman–Crippen MR) is 120 cm³/mol. The second-order valence-electron chi connectivity index (χ2n) is 8.40. The summed E-state index contributed by atoms with van der Waals surface area (Å²) in [6.07, 6.45) is 3.50. The first-order valence-corrected chi connectivity index (χ1v) is 10.9. The molecule has 2 aromatic carbocycles. The molecule has 0 spiro atoms. The lowest BCUT2D eigenvalue weighted by Crippen LogP contribution is -2.75. The van der Waals surface area contributed by atoms with Crippen LogP contribution in [0, 0.1) is 0 Å². The van der Waals surface area contributed by atoms with Crippen molar-refractivity contribution in [1.29, 1.82) is 0 Å². The molecule has 0 radical (unpaired) electrons. The third-order valence-electron chi connectivity index (χ3n) is 6.08. The Kier molecular flexibility index (Phi) is 6.64. The van der Waals surface area contributed by atoms with E-state index in [2.05, 4.69) is 4.98 Å². The van der Waals surface area contributed by atoms with Gasteiger partial charge in [0.25, 0.3) is 5.56 Å². The number of hydrogen-bond donors (Lipinski definition) is 2. The Morgan fingerprint density at radius 2 is 1.94 bits per heavy atom. The molecular formula is C24H29N4O4+. The van der Waals surface area contributed by atoms with Gasteiger partial charge in [0.15, 0.2) is 5.69 Å². The average Bonchev–Trinajstić information content (AvgIpc) is 2.81. The molecule has 1 amide bonds. The van der Waals surface area contributed by atoms with Gasteiger partial charge in [0.05, 0.1) is 36.5 Å². The minimum absolute atomic E-state index is 0.0994. The van der Waals surface area contributed by atoms with Crippen LogP contribution < -0.4 is 11.0 Å². The highest BCUT2D eigenvalue weighted by atomic mass is 16.6. The summed E-state index contributed by atoms with van der Waals surface area (Å²) in [6.45, 7) is 1.11. The van der Waals surface area contributed by atoms with Crippen LogP contribution in [0.15, 0.2) is 59.7 Å². The van der Waals surface area contributed by atoms with Gasteiger partial charge in [0.1, 0.15) is 0 Å². The molecule has 168 valence electrons. The summed E-state index contributed by atoms with van der Waals surface area (Å²) < 4.78 is 1.46. The van der Waals surface area contributed by atoms with E-state index >= 15 is 0 Å². The van der Waals surface area contributed by atoms with E-state index in [1.165, 1.54) is 10.9 Å². The van der Waals surface area contributed by atoms with Crippen molar-refractivity contribution in [3.05, 3.63) is 70.8 Å². The number of likely N-dealkylation sites (tertiary alicyclic amines) is 1. The summed E-state index contributed by atoms with van der Waals surface area (Å²) in [5, 5.41) is 11.6. The molecule has 4 rings (SSSR count). The molecule has 1 aliphatic rings. The molecule has 0 bridgehead atoms. The minimum atomic E-state index is -1.05. The number of nitrogens with two attached hydrogens (primary N) is 1. The Labute approximate surface area is 186 Å². The molecular weight excluding hydrogens is 408 g/mol. The van der Waals surface area contributed by atoms with E-state index in [9.17, 15) is 14.7 Å². The standard InChI is InChI=1S/C24H28N4O4/c1-32-26-19-8-9-21-20(15-19)23(30)28(17-25-21)16-24(31)11-13-27(14-12-24)22(29)10-7-18-5-3-2-4-6-18/h2-6,8-9,15,17,26,31H,7,10-14,16H2,1H3/p+1. The van der Waals surface area contributed by atoms with Gasteiger partial charge in [-0.25, -0.2) is 9.82 Å². The number of quaternary nitrogens is 1. The molecule has 3 N–H and O–H groups in total. The summed E-state index contributed by atoms with van der Waals surface area (Å²) in [5.41, 5.74) is 2.84. The monoisotopic (exact) mass is 437 g/mol. The minimum Gasteiger partial charge on any atom is -0.388 e. The molecule has 8 heteroatoms. The number of nitrogens with zero attached hydrogens (tertiary/aromatic N) is 3. The average molecular weight is 438 g/mol. The van der Waals surface area contributed by atoms with Crippen LogP contribution in [-0.4, -0.2) is 51.3 Å². The summed E-state index contributed by atoms with van der Waals surface area (Å²) >= 11 is 0. The van der Waals surface area contributed by atoms with Gasteiger partial charge in [-0.15, -0.1) is 0 Å². The second-order valence-corrected chi connectivity index (χ2v) is 8.40. The number of benzene rings is 2. The highest BCUT2D eigenvalue weighted by Crippen LogP contribution is 2.24.